The van der Waals surface area contributed by atoms with Crippen molar-refractivity contribution in [2.75, 3.05) is 27.4 Å². The summed E-state index contributed by atoms with van der Waals surface area (Å²) in [4.78, 5) is 12.3. The van der Waals surface area contributed by atoms with Crippen LogP contribution in [-0.4, -0.2) is 47.7 Å². The highest BCUT2D eigenvalue weighted by Crippen LogP contribution is 2.04. The second-order valence-corrected chi connectivity index (χ2v) is 1.55. The van der Waals surface area contributed by atoms with Gasteiger partial charge in [0.25, 0.3) is 0 Å². The Kier molecular flexibility index (Phi) is 5.24. The fraction of sp³-hybridized carbons (Fsp3) is 1.00. The van der Waals surface area contributed by atoms with Gasteiger partial charge in [-0.25, -0.2) is 0 Å². The van der Waals surface area contributed by atoms with Crippen molar-refractivity contribution in [1.29, 1.82) is 0 Å². The van der Waals surface area contributed by atoms with E-state index in [0.29, 0.717) is 0 Å². The smallest absolute Gasteiger partial charge is 0.211 e. The molecule has 0 rings (SSSR count). The second kappa shape index (κ2) is 5.38. The first-order valence-corrected chi connectivity index (χ1v) is 2.81. The Labute approximate surface area is 63.4 Å². The van der Waals surface area contributed by atoms with E-state index in [9.17, 15) is 0 Å². The third-order valence-electron chi connectivity index (χ3n) is 0.877. The predicted molar refractivity (Wildman–Crippen MR) is 30.7 cm³/mol. The van der Waals surface area contributed by atoms with Gasteiger partial charge in [-0.2, -0.15) is 0 Å². The zero-order valence-electron chi connectivity index (χ0n) is 6.13. The lowest BCUT2D eigenvalue weighted by molar-refractivity contribution is -1.36. The van der Waals surface area contributed by atoms with Crippen molar-refractivity contribution in [2.24, 2.45) is 0 Å². The van der Waals surface area contributed by atoms with Crippen LogP contribution >= 0.6 is 0 Å². The van der Waals surface area contributed by atoms with E-state index >= 15 is 0 Å². The maximum Gasteiger partial charge on any atom is 0.211 e. The summed E-state index contributed by atoms with van der Waals surface area (Å²) in [6.07, 6.45) is 0. The van der Waals surface area contributed by atoms with Crippen molar-refractivity contribution >= 4 is 0 Å². The second-order valence-electron chi connectivity index (χ2n) is 1.55. The molecular formula is C4H12NO6+. The van der Waals surface area contributed by atoms with E-state index in [1.54, 1.807) is 0 Å². The van der Waals surface area contributed by atoms with E-state index in [0.717, 1.165) is 0 Å². The standard InChI is InChI=1S/C4H12NO6/c1-5(9-2-6,10-3-7)11-4-8/h6-8H,2-4H2,1H3/q+1. The Morgan fingerprint density at radius 2 is 1.18 bits per heavy atom. The number of quaternary nitrogens is 1. The molecule has 0 fully saturated rings. The van der Waals surface area contributed by atoms with Gasteiger partial charge >= 0.3 is 0 Å². The summed E-state index contributed by atoms with van der Waals surface area (Å²) in [5, 5.41) is 24.9. The van der Waals surface area contributed by atoms with E-state index in [4.69, 9.17) is 15.3 Å². The highest BCUT2D eigenvalue weighted by molar-refractivity contribution is 3.77. The van der Waals surface area contributed by atoms with Crippen LogP contribution in [0.15, 0.2) is 0 Å². The van der Waals surface area contributed by atoms with Crippen LogP contribution in [0.1, 0.15) is 0 Å². The number of rotatable bonds is 6. The van der Waals surface area contributed by atoms with Crippen LogP contribution in [0.25, 0.3) is 0 Å². The molecule has 7 nitrogen and oxygen atoms in total. The molecule has 0 heterocycles. The van der Waals surface area contributed by atoms with Crippen molar-refractivity contribution in [3.8, 4) is 0 Å². The maximum atomic E-state index is 8.29. The van der Waals surface area contributed by atoms with Gasteiger partial charge in [0.1, 0.15) is 0 Å². The molecule has 0 saturated carbocycles. The van der Waals surface area contributed by atoms with Crippen molar-refractivity contribution < 1.29 is 34.8 Å². The zero-order chi connectivity index (χ0) is 8.74. The number of hydrogen-bond acceptors (Lipinski definition) is 6. The lowest BCUT2D eigenvalue weighted by atomic mass is 11.3. The number of aliphatic hydroxyl groups is 3. The number of hydroxylamine groups is 3. The average molecular weight is 170 g/mol. The minimum absolute atomic E-state index is 0.656. The van der Waals surface area contributed by atoms with Crippen LogP contribution in [0, 0.1) is 0 Å². The van der Waals surface area contributed by atoms with E-state index in [-0.39, 0.29) is 0 Å². The molecule has 0 aliphatic carbocycles. The Morgan fingerprint density at radius 3 is 1.36 bits per heavy atom. The molecule has 0 radical (unpaired) electrons. The zero-order valence-corrected chi connectivity index (χ0v) is 6.13. The maximum absolute atomic E-state index is 8.29. The van der Waals surface area contributed by atoms with Crippen LogP contribution in [0.5, 0.6) is 0 Å². The molecule has 0 aromatic rings. The summed E-state index contributed by atoms with van der Waals surface area (Å²) in [5.74, 6) is 0. The van der Waals surface area contributed by atoms with Gasteiger partial charge in [0.05, 0.1) is 4.97 Å². The molecule has 0 aromatic heterocycles. The molecule has 11 heavy (non-hydrogen) atoms. The summed E-state index contributed by atoms with van der Waals surface area (Å²) in [6.45, 7) is -1.97. The predicted octanol–water partition coefficient (Wildman–Crippen LogP) is -1.92. The van der Waals surface area contributed by atoms with Gasteiger partial charge in [-0.15, -0.1) is 14.5 Å². The minimum atomic E-state index is -0.969. The van der Waals surface area contributed by atoms with E-state index in [1.807, 2.05) is 0 Å². The molecule has 0 aromatic carbocycles. The number of aliphatic hydroxyl groups excluding tert-OH is 3. The van der Waals surface area contributed by atoms with Gasteiger partial charge < -0.3 is 15.3 Å². The normalized spacial score (nSPS) is 12.0. The highest BCUT2D eigenvalue weighted by Gasteiger charge is 2.27. The molecule has 7 heteroatoms. The first-order chi connectivity index (χ1) is 5.18. The fourth-order valence-corrected chi connectivity index (χ4v) is 0.426. The van der Waals surface area contributed by atoms with Crippen LogP contribution in [0.3, 0.4) is 0 Å². The number of hydrogen-bond donors (Lipinski definition) is 3. The van der Waals surface area contributed by atoms with Gasteiger partial charge in [0, 0.05) is 0 Å². The molecule has 0 saturated heterocycles. The van der Waals surface area contributed by atoms with Crippen molar-refractivity contribution in [1.82, 2.24) is 0 Å². The Hall–Kier alpha value is -0.280. The van der Waals surface area contributed by atoms with Crippen molar-refractivity contribution in [3.63, 3.8) is 0 Å². The van der Waals surface area contributed by atoms with Crippen molar-refractivity contribution in [2.45, 2.75) is 0 Å². The summed E-state index contributed by atoms with van der Waals surface area (Å²) in [5.41, 5.74) is 0. The topological polar surface area (TPSA) is 88.4 Å². The van der Waals surface area contributed by atoms with Gasteiger partial charge in [0.15, 0.2) is 7.05 Å². The molecule has 3 N–H and O–H groups in total. The lowest BCUT2D eigenvalue weighted by Crippen LogP contribution is -2.44. The lowest BCUT2D eigenvalue weighted by Gasteiger charge is -2.21. The van der Waals surface area contributed by atoms with Crippen LogP contribution in [0.2, 0.25) is 0 Å². The summed E-state index contributed by atoms with van der Waals surface area (Å²) >= 11 is 0. The first-order valence-electron chi connectivity index (χ1n) is 2.81. The molecule has 0 aliphatic rings. The summed E-state index contributed by atoms with van der Waals surface area (Å²) < 4.78 is 0. The average Bonchev–Trinajstić information content (AvgIpc) is 1.88. The van der Waals surface area contributed by atoms with Gasteiger partial charge in [-0.1, -0.05) is 0 Å². The van der Waals surface area contributed by atoms with E-state index < -0.39 is 25.4 Å². The first kappa shape index (κ1) is 10.7. The van der Waals surface area contributed by atoms with E-state index in [1.165, 1.54) is 7.05 Å². The molecule has 0 spiro atoms. The minimum Gasteiger partial charge on any atom is -0.366 e. The monoisotopic (exact) mass is 170 g/mol. The molecular weight excluding hydrogens is 158 g/mol. The van der Waals surface area contributed by atoms with Gasteiger partial charge in [0.2, 0.25) is 20.4 Å². The van der Waals surface area contributed by atoms with Crippen LogP contribution in [0.4, 0.5) is 0 Å². The van der Waals surface area contributed by atoms with Gasteiger partial charge in [-0.3, -0.25) is 0 Å². The molecule has 0 amide bonds. The summed E-state index contributed by atoms with van der Waals surface area (Å²) in [7, 11) is 1.24. The quantitative estimate of drug-likeness (QED) is 0.244. The van der Waals surface area contributed by atoms with Crippen molar-refractivity contribution in [3.05, 3.63) is 0 Å². The summed E-state index contributed by atoms with van der Waals surface area (Å²) in [6, 6.07) is 0. The molecule has 0 aliphatic heterocycles. The largest absolute Gasteiger partial charge is 0.366 e. The van der Waals surface area contributed by atoms with Gasteiger partial charge in [-0.05, 0) is 0 Å². The third kappa shape index (κ3) is 4.22. The molecule has 68 valence electrons. The highest BCUT2D eigenvalue weighted by atomic mass is 17.2. The molecule has 0 atom stereocenters. The Bertz CT molecular complexity index is 81.6. The fourth-order valence-electron chi connectivity index (χ4n) is 0.426. The Balaban J connectivity index is 3.79. The molecule has 0 unspecified atom stereocenters. The third-order valence-corrected chi connectivity index (χ3v) is 0.877. The number of nitrogens with zero attached hydrogens (tertiary/aromatic N) is 1. The SMILES string of the molecule is C[N+](OCO)(OCO)OCO. The van der Waals surface area contributed by atoms with Crippen LogP contribution in [-0.2, 0) is 14.5 Å². The van der Waals surface area contributed by atoms with E-state index in [2.05, 4.69) is 14.5 Å². The molecule has 0 bridgehead atoms. The Morgan fingerprint density at radius 1 is 0.909 bits per heavy atom. The van der Waals surface area contributed by atoms with Crippen LogP contribution < -0.4 is 0 Å².